The van der Waals surface area contributed by atoms with Crippen LogP contribution in [0.15, 0.2) is 5.11 Å². The van der Waals surface area contributed by atoms with Crippen LogP contribution in [-0.2, 0) is 33.6 Å². The molecule has 0 rings (SSSR count). The van der Waals surface area contributed by atoms with Crippen molar-refractivity contribution in [2.24, 2.45) is 11.0 Å². The highest BCUT2D eigenvalue weighted by Gasteiger charge is 2.31. The first-order chi connectivity index (χ1) is 17.7. The molecule has 0 aliphatic rings. The van der Waals surface area contributed by atoms with Crippen molar-refractivity contribution in [1.82, 2.24) is 21.3 Å². The summed E-state index contributed by atoms with van der Waals surface area (Å²) < 4.78 is 0. The lowest BCUT2D eigenvalue weighted by atomic mass is 10.0. The van der Waals surface area contributed by atoms with Crippen LogP contribution in [0.25, 0.3) is 10.4 Å². The summed E-state index contributed by atoms with van der Waals surface area (Å²) in [7, 11) is 0. The van der Waals surface area contributed by atoms with Crippen LogP contribution in [0.2, 0.25) is 0 Å². The molecule has 4 amide bonds. The number of hydrogen-bond acceptors (Lipinski definition) is 8. The van der Waals surface area contributed by atoms with Gasteiger partial charge in [0.1, 0.15) is 18.1 Å². The Kier molecular flexibility index (Phi) is 15.1. The van der Waals surface area contributed by atoms with E-state index >= 15 is 0 Å². The molecular weight excluding hydrogens is 510 g/mol. The van der Waals surface area contributed by atoms with Crippen molar-refractivity contribution in [3.63, 3.8) is 0 Å². The van der Waals surface area contributed by atoms with Crippen molar-refractivity contribution >= 4 is 41.5 Å². The van der Waals surface area contributed by atoms with Crippen LogP contribution < -0.4 is 21.3 Å². The fourth-order valence-corrected chi connectivity index (χ4v) is 3.22. The van der Waals surface area contributed by atoms with E-state index in [-0.39, 0.29) is 18.9 Å². The summed E-state index contributed by atoms with van der Waals surface area (Å²) in [6.45, 7) is 4.14. The van der Waals surface area contributed by atoms with Gasteiger partial charge in [0.05, 0.1) is 12.8 Å². The van der Waals surface area contributed by atoms with Gasteiger partial charge in [-0.25, -0.2) is 0 Å². The molecule has 4 atom stereocenters. The summed E-state index contributed by atoms with van der Waals surface area (Å²) >= 11 is 0. The minimum Gasteiger partial charge on any atom is -0.481 e. The van der Waals surface area contributed by atoms with Crippen molar-refractivity contribution in [1.29, 1.82) is 0 Å². The predicted octanol–water partition coefficient (Wildman–Crippen LogP) is -0.884. The standard InChI is InChI=1S/C21H33N7O10/c1-10(2)6-14(20(37)25-12(7-17(32)33)9-23-28-22)27-19(36)13(4-5-16(30)31)26-21(38)15(8-18(34)35)24-11(3)29/h10,12-15H,4-9H2,1-3H3,(H,24,29)(H,25,37)(H,26,38)(H,27,36)(H,30,31)(H,32,33)(H,34,35)/t12-,13-,14-,15-/m0/s1. The highest BCUT2D eigenvalue weighted by Crippen LogP contribution is 2.09. The van der Waals surface area contributed by atoms with Crippen molar-refractivity contribution in [3.8, 4) is 0 Å². The highest BCUT2D eigenvalue weighted by atomic mass is 16.4. The Bertz CT molecular complexity index is 929. The third kappa shape index (κ3) is 14.9. The SMILES string of the molecule is CC(=O)N[C@@H](CC(=O)O)C(=O)N[C@@H](CCC(=O)O)C(=O)N[C@@H](CC(C)C)C(=O)N[C@H](CN=[N+]=[N-])CC(=O)O. The fourth-order valence-electron chi connectivity index (χ4n) is 3.22. The Morgan fingerprint density at radius 2 is 1.29 bits per heavy atom. The van der Waals surface area contributed by atoms with Gasteiger partial charge in [0.2, 0.25) is 23.6 Å². The Morgan fingerprint density at radius 3 is 1.76 bits per heavy atom. The van der Waals surface area contributed by atoms with Gasteiger partial charge in [-0.1, -0.05) is 19.0 Å². The molecule has 0 fully saturated rings. The molecule has 0 aromatic carbocycles. The summed E-state index contributed by atoms with van der Waals surface area (Å²) in [5, 5.41) is 39.5. The number of carboxylic acid groups (broad SMARTS) is 3. The fraction of sp³-hybridized carbons (Fsp3) is 0.667. The molecule has 7 N–H and O–H groups in total. The lowest BCUT2D eigenvalue weighted by Crippen LogP contribution is -2.58. The molecule has 0 aromatic heterocycles. The summed E-state index contributed by atoms with van der Waals surface area (Å²) in [6.07, 6.45) is -2.32. The number of nitrogens with zero attached hydrogens (tertiary/aromatic N) is 3. The monoisotopic (exact) mass is 543 g/mol. The minimum absolute atomic E-state index is 0.0615. The summed E-state index contributed by atoms with van der Waals surface area (Å²) in [6, 6.07) is -5.42. The van der Waals surface area contributed by atoms with E-state index in [1.807, 2.05) is 0 Å². The number of amides is 4. The topological polar surface area (TPSA) is 277 Å². The maximum atomic E-state index is 13.0. The average molecular weight is 544 g/mol. The Balaban J connectivity index is 5.83. The molecule has 0 aliphatic carbocycles. The Hall–Kier alpha value is -4.40. The molecule has 0 aliphatic heterocycles. The van der Waals surface area contributed by atoms with Gasteiger partial charge in [-0.15, -0.1) is 0 Å². The Morgan fingerprint density at radius 1 is 0.763 bits per heavy atom. The first kappa shape index (κ1) is 33.6. The van der Waals surface area contributed by atoms with E-state index in [9.17, 15) is 33.6 Å². The van der Waals surface area contributed by atoms with Crippen LogP contribution in [-0.4, -0.2) is 87.6 Å². The third-order valence-corrected chi connectivity index (χ3v) is 4.83. The molecule has 17 heteroatoms. The van der Waals surface area contributed by atoms with E-state index in [0.29, 0.717) is 0 Å². The maximum Gasteiger partial charge on any atom is 0.305 e. The van der Waals surface area contributed by atoms with E-state index in [1.54, 1.807) is 13.8 Å². The number of aliphatic carboxylic acids is 3. The predicted molar refractivity (Wildman–Crippen MR) is 128 cm³/mol. The van der Waals surface area contributed by atoms with Gasteiger partial charge in [-0.05, 0) is 24.3 Å². The van der Waals surface area contributed by atoms with E-state index in [1.165, 1.54) is 0 Å². The Labute approximate surface area is 217 Å². The molecule has 0 unspecified atom stereocenters. The van der Waals surface area contributed by atoms with Crippen molar-refractivity contribution in [2.45, 2.75) is 77.0 Å². The normalized spacial score (nSPS) is 13.6. The van der Waals surface area contributed by atoms with Gasteiger partial charge in [-0.2, -0.15) is 0 Å². The number of azide groups is 1. The zero-order valence-corrected chi connectivity index (χ0v) is 21.2. The quantitative estimate of drug-likeness (QED) is 0.0636. The molecule has 0 spiro atoms. The second kappa shape index (κ2) is 17.1. The summed E-state index contributed by atoms with van der Waals surface area (Å²) in [5.74, 6) is -7.72. The first-order valence-electron chi connectivity index (χ1n) is 11.5. The number of nitrogens with one attached hydrogen (secondary N) is 4. The third-order valence-electron chi connectivity index (χ3n) is 4.83. The molecule has 0 aromatic rings. The smallest absolute Gasteiger partial charge is 0.305 e. The number of rotatable bonds is 18. The molecule has 0 heterocycles. The molecule has 17 nitrogen and oxygen atoms in total. The molecule has 0 radical (unpaired) electrons. The second-order valence-electron chi connectivity index (χ2n) is 8.75. The zero-order chi connectivity index (χ0) is 29.4. The van der Waals surface area contributed by atoms with E-state index < -0.39 is 91.4 Å². The van der Waals surface area contributed by atoms with Gasteiger partial charge >= 0.3 is 17.9 Å². The van der Waals surface area contributed by atoms with Crippen molar-refractivity contribution in [2.75, 3.05) is 6.54 Å². The number of carbonyl (C=O) groups excluding carboxylic acids is 4. The van der Waals surface area contributed by atoms with Gasteiger partial charge < -0.3 is 36.6 Å². The van der Waals surface area contributed by atoms with Crippen LogP contribution in [0.4, 0.5) is 0 Å². The number of carboxylic acids is 3. The molecular formula is C21H33N7O10. The van der Waals surface area contributed by atoms with Crippen LogP contribution in [0.5, 0.6) is 0 Å². The van der Waals surface area contributed by atoms with E-state index in [4.69, 9.17) is 20.9 Å². The first-order valence-corrected chi connectivity index (χ1v) is 11.5. The van der Waals surface area contributed by atoms with Crippen LogP contribution in [0.3, 0.4) is 0 Å². The zero-order valence-electron chi connectivity index (χ0n) is 21.2. The van der Waals surface area contributed by atoms with Gasteiger partial charge in [-0.3, -0.25) is 33.6 Å². The lowest BCUT2D eigenvalue weighted by Gasteiger charge is -2.26. The molecule has 0 saturated carbocycles. The van der Waals surface area contributed by atoms with E-state index in [0.717, 1.165) is 6.92 Å². The molecule has 0 bridgehead atoms. The highest BCUT2D eigenvalue weighted by molar-refractivity contribution is 5.95. The molecule has 0 saturated heterocycles. The summed E-state index contributed by atoms with van der Waals surface area (Å²) in [4.78, 5) is 85.7. The number of hydrogen-bond donors (Lipinski definition) is 7. The van der Waals surface area contributed by atoms with Crippen LogP contribution in [0.1, 0.15) is 52.9 Å². The van der Waals surface area contributed by atoms with Crippen molar-refractivity contribution < 1.29 is 48.9 Å². The van der Waals surface area contributed by atoms with Gasteiger partial charge in [0.15, 0.2) is 0 Å². The second-order valence-corrected chi connectivity index (χ2v) is 8.75. The molecule has 38 heavy (non-hydrogen) atoms. The average Bonchev–Trinajstić information content (AvgIpc) is 2.77. The van der Waals surface area contributed by atoms with Crippen LogP contribution >= 0.6 is 0 Å². The summed E-state index contributed by atoms with van der Waals surface area (Å²) in [5.41, 5.74) is 8.50. The maximum absolute atomic E-state index is 13.0. The lowest BCUT2D eigenvalue weighted by molar-refractivity contribution is -0.141. The molecule has 212 valence electrons. The van der Waals surface area contributed by atoms with E-state index in [2.05, 4.69) is 31.3 Å². The van der Waals surface area contributed by atoms with Gasteiger partial charge in [0.25, 0.3) is 0 Å². The largest absolute Gasteiger partial charge is 0.481 e. The van der Waals surface area contributed by atoms with Crippen LogP contribution in [0, 0.1) is 5.92 Å². The van der Waals surface area contributed by atoms with Gasteiger partial charge in [0, 0.05) is 30.8 Å². The number of carbonyl (C=O) groups is 7. The van der Waals surface area contributed by atoms with Crippen molar-refractivity contribution in [3.05, 3.63) is 10.4 Å². The minimum atomic E-state index is -1.56.